The van der Waals surface area contributed by atoms with Crippen molar-refractivity contribution in [1.29, 1.82) is 0 Å². The van der Waals surface area contributed by atoms with Gasteiger partial charge in [0, 0.05) is 18.8 Å². The van der Waals surface area contributed by atoms with E-state index in [0.717, 1.165) is 22.4 Å². The third kappa shape index (κ3) is 3.04. The molecule has 1 aliphatic heterocycles. The Labute approximate surface area is 142 Å². The highest BCUT2D eigenvalue weighted by atomic mass is 16.5. The number of ether oxygens (including phenoxy) is 1. The molecule has 0 aromatic heterocycles. The minimum atomic E-state index is -0.143. The molecule has 2 amide bonds. The van der Waals surface area contributed by atoms with Crippen LogP contribution in [0.25, 0.3) is 0 Å². The fourth-order valence-electron chi connectivity index (χ4n) is 3.08. The van der Waals surface area contributed by atoms with E-state index in [1.807, 2.05) is 56.3 Å². The quantitative estimate of drug-likeness (QED) is 0.808. The van der Waals surface area contributed by atoms with E-state index in [1.165, 1.54) is 4.90 Å². The molecular weight excluding hydrogens is 302 g/mol. The number of carbonyl (C=O) groups excluding carboxylic acids is 2. The summed E-state index contributed by atoms with van der Waals surface area (Å²) in [5, 5.41) is 0. The van der Waals surface area contributed by atoms with E-state index >= 15 is 0 Å². The lowest BCUT2D eigenvalue weighted by Gasteiger charge is -2.30. The Balaban J connectivity index is 1.82. The second kappa shape index (κ2) is 6.48. The van der Waals surface area contributed by atoms with E-state index in [9.17, 15) is 9.59 Å². The smallest absolute Gasteiger partial charge is 0.234 e. The average Bonchev–Trinajstić information content (AvgIpc) is 2.57. The Hall–Kier alpha value is -2.62. The van der Waals surface area contributed by atoms with Crippen LogP contribution in [0, 0.1) is 13.8 Å². The number of hydrogen-bond donors (Lipinski definition) is 0. The summed E-state index contributed by atoms with van der Waals surface area (Å²) in [4.78, 5) is 26.5. The highest BCUT2D eigenvalue weighted by molar-refractivity contribution is 6.17. The Morgan fingerprint density at radius 3 is 2.08 bits per heavy atom. The molecule has 1 fully saturated rings. The monoisotopic (exact) mass is 323 g/mol. The van der Waals surface area contributed by atoms with Gasteiger partial charge in [-0.15, -0.1) is 0 Å². The Morgan fingerprint density at radius 1 is 0.917 bits per heavy atom. The van der Waals surface area contributed by atoms with Gasteiger partial charge in [0.1, 0.15) is 5.75 Å². The molecule has 4 heteroatoms. The minimum Gasteiger partial charge on any atom is -0.497 e. The molecule has 0 saturated carbocycles. The van der Waals surface area contributed by atoms with Gasteiger partial charge in [0.15, 0.2) is 0 Å². The van der Waals surface area contributed by atoms with E-state index in [4.69, 9.17) is 4.74 Å². The van der Waals surface area contributed by atoms with Gasteiger partial charge < -0.3 is 4.74 Å². The van der Waals surface area contributed by atoms with E-state index < -0.39 is 0 Å². The molecule has 24 heavy (non-hydrogen) atoms. The van der Waals surface area contributed by atoms with Crippen molar-refractivity contribution in [3.8, 4) is 5.75 Å². The molecular formula is C20H21NO3. The maximum Gasteiger partial charge on any atom is 0.234 e. The van der Waals surface area contributed by atoms with Crippen molar-refractivity contribution in [3.63, 3.8) is 0 Å². The summed E-state index contributed by atoms with van der Waals surface area (Å²) in [6, 6.07) is 13.3. The molecule has 124 valence electrons. The topological polar surface area (TPSA) is 46.6 Å². The minimum absolute atomic E-state index is 0.0706. The highest BCUT2D eigenvalue weighted by Gasteiger charge is 2.34. The van der Waals surface area contributed by atoms with Crippen molar-refractivity contribution >= 4 is 17.5 Å². The number of carbonyl (C=O) groups is 2. The number of methoxy groups -OCH3 is 1. The molecule has 0 N–H and O–H groups in total. The number of nitrogens with zero attached hydrogens (tertiary/aromatic N) is 1. The van der Waals surface area contributed by atoms with Crippen LogP contribution in [0.3, 0.4) is 0 Å². The summed E-state index contributed by atoms with van der Waals surface area (Å²) in [5.41, 5.74) is 3.88. The number of imide groups is 1. The van der Waals surface area contributed by atoms with E-state index in [1.54, 1.807) is 7.11 Å². The number of hydrogen-bond acceptors (Lipinski definition) is 3. The second-order valence-electron chi connectivity index (χ2n) is 6.27. The van der Waals surface area contributed by atoms with Gasteiger partial charge in [-0.2, -0.15) is 0 Å². The van der Waals surface area contributed by atoms with Gasteiger partial charge in [-0.05, 0) is 54.8 Å². The lowest BCUT2D eigenvalue weighted by molar-refractivity contribution is -0.129. The van der Waals surface area contributed by atoms with Crippen molar-refractivity contribution in [2.24, 2.45) is 0 Å². The van der Waals surface area contributed by atoms with Gasteiger partial charge in [0.05, 0.1) is 12.8 Å². The third-order valence-corrected chi connectivity index (χ3v) is 4.68. The molecule has 2 aromatic rings. The number of piperidine rings is 1. The molecule has 0 unspecified atom stereocenters. The van der Waals surface area contributed by atoms with Crippen LogP contribution in [0.15, 0.2) is 42.5 Å². The Morgan fingerprint density at radius 2 is 1.54 bits per heavy atom. The average molecular weight is 323 g/mol. The fraction of sp³-hybridized carbons (Fsp3) is 0.300. The van der Waals surface area contributed by atoms with Crippen LogP contribution in [0.2, 0.25) is 0 Å². The molecule has 2 aromatic carbocycles. The highest BCUT2D eigenvalue weighted by Crippen LogP contribution is 2.33. The van der Waals surface area contributed by atoms with Crippen LogP contribution in [-0.2, 0) is 9.59 Å². The first-order valence-electron chi connectivity index (χ1n) is 8.06. The molecule has 0 radical (unpaired) electrons. The Kier molecular flexibility index (Phi) is 4.38. The summed E-state index contributed by atoms with van der Waals surface area (Å²) >= 11 is 0. The van der Waals surface area contributed by atoms with Crippen LogP contribution in [0.4, 0.5) is 5.69 Å². The number of benzene rings is 2. The number of aryl methyl sites for hydroxylation is 2. The summed E-state index contributed by atoms with van der Waals surface area (Å²) in [6.45, 7) is 4.00. The van der Waals surface area contributed by atoms with Gasteiger partial charge >= 0.3 is 0 Å². The van der Waals surface area contributed by atoms with Gasteiger partial charge in [-0.25, -0.2) is 0 Å². The largest absolute Gasteiger partial charge is 0.497 e. The molecule has 0 bridgehead atoms. The number of rotatable bonds is 3. The van der Waals surface area contributed by atoms with Crippen LogP contribution < -0.4 is 9.64 Å². The summed E-state index contributed by atoms with van der Waals surface area (Å²) in [7, 11) is 1.62. The molecule has 1 saturated heterocycles. The number of anilines is 1. The maximum atomic E-state index is 12.6. The van der Waals surface area contributed by atoms with Gasteiger partial charge in [-0.1, -0.05) is 18.2 Å². The zero-order chi connectivity index (χ0) is 17.3. The molecule has 0 atom stereocenters. The first-order chi connectivity index (χ1) is 11.5. The van der Waals surface area contributed by atoms with Gasteiger partial charge in [-0.3, -0.25) is 14.5 Å². The van der Waals surface area contributed by atoms with Crippen molar-refractivity contribution < 1.29 is 14.3 Å². The van der Waals surface area contributed by atoms with Gasteiger partial charge in [0.2, 0.25) is 11.8 Å². The van der Waals surface area contributed by atoms with E-state index in [-0.39, 0.29) is 17.7 Å². The zero-order valence-corrected chi connectivity index (χ0v) is 14.2. The first kappa shape index (κ1) is 16.2. The van der Waals surface area contributed by atoms with Gasteiger partial charge in [0.25, 0.3) is 0 Å². The normalized spacial score (nSPS) is 15.7. The summed E-state index contributed by atoms with van der Waals surface area (Å²) in [6.07, 6.45) is 0.677. The second-order valence-corrected chi connectivity index (χ2v) is 6.27. The van der Waals surface area contributed by atoms with Crippen molar-refractivity contribution in [2.45, 2.75) is 32.6 Å². The molecule has 0 aliphatic carbocycles. The SMILES string of the molecule is COc1ccc(C2CC(=O)N(c3ccc(C)c(C)c3)C(=O)C2)cc1. The maximum absolute atomic E-state index is 12.6. The van der Waals surface area contributed by atoms with E-state index in [2.05, 4.69) is 0 Å². The standard InChI is InChI=1S/C20H21NO3/c1-13-4-7-17(10-14(13)2)21-19(22)11-16(12-20(21)23)15-5-8-18(24-3)9-6-15/h4-10,16H,11-12H2,1-3H3. The third-order valence-electron chi connectivity index (χ3n) is 4.68. The first-order valence-corrected chi connectivity index (χ1v) is 8.06. The Bertz CT molecular complexity index is 762. The predicted octanol–water partition coefficient (Wildman–Crippen LogP) is 3.75. The lowest BCUT2D eigenvalue weighted by Crippen LogP contribution is -2.42. The lowest BCUT2D eigenvalue weighted by atomic mass is 9.88. The van der Waals surface area contributed by atoms with Crippen molar-refractivity contribution in [1.82, 2.24) is 0 Å². The van der Waals surface area contributed by atoms with Crippen molar-refractivity contribution in [2.75, 3.05) is 12.0 Å². The van der Waals surface area contributed by atoms with Crippen LogP contribution >= 0.6 is 0 Å². The van der Waals surface area contributed by atoms with Crippen molar-refractivity contribution in [3.05, 3.63) is 59.2 Å². The fourth-order valence-corrected chi connectivity index (χ4v) is 3.08. The summed E-state index contributed by atoms with van der Waals surface area (Å²) in [5.74, 6) is 0.410. The molecule has 3 rings (SSSR count). The zero-order valence-electron chi connectivity index (χ0n) is 14.2. The van der Waals surface area contributed by atoms with Crippen LogP contribution in [-0.4, -0.2) is 18.9 Å². The number of amides is 2. The van der Waals surface area contributed by atoms with Crippen LogP contribution in [0.1, 0.15) is 35.4 Å². The molecule has 4 nitrogen and oxygen atoms in total. The molecule has 0 spiro atoms. The van der Waals surface area contributed by atoms with Crippen LogP contribution in [0.5, 0.6) is 5.75 Å². The molecule has 1 aliphatic rings. The predicted molar refractivity (Wildman–Crippen MR) is 93.4 cm³/mol. The molecule has 1 heterocycles. The van der Waals surface area contributed by atoms with E-state index in [0.29, 0.717) is 18.5 Å². The summed E-state index contributed by atoms with van der Waals surface area (Å²) < 4.78 is 5.15.